The van der Waals surface area contributed by atoms with Crippen LogP contribution < -0.4 is 15.4 Å². The molecule has 0 bridgehead atoms. The van der Waals surface area contributed by atoms with Crippen molar-refractivity contribution in [3.05, 3.63) is 102 Å². The van der Waals surface area contributed by atoms with Gasteiger partial charge in [-0.15, -0.1) is 0 Å². The predicted molar refractivity (Wildman–Crippen MR) is 147 cm³/mol. The normalized spacial score (nSPS) is 19.6. The van der Waals surface area contributed by atoms with E-state index in [2.05, 4.69) is 17.6 Å². The van der Waals surface area contributed by atoms with Gasteiger partial charge in [0.05, 0.1) is 24.4 Å². The van der Waals surface area contributed by atoms with Crippen molar-refractivity contribution in [1.29, 1.82) is 0 Å². The first kappa shape index (κ1) is 27.4. The quantitative estimate of drug-likeness (QED) is 0.341. The molecule has 3 unspecified atom stereocenters. The maximum absolute atomic E-state index is 13.8. The fraction of sp³-hybridized carbons (Fsp3) is 0.355. The predicted octanol–water partition coefficient (Wildman–Crippen LogP) is 4.83. The summed E-state index contributed by atoms with van der Waals surface area (Å²) in [5, 5.41) is 17.8. The first-order valence-electron chi connectivity index (χ1n) is 13.4. The number of hydrogen-bond acceptors (Lipinski definition) is 5. The Morgan fingerprint density at radius 2 is 1.61 bits per heavy atom. The van der Waals surface area contributed by atoms with Crippen LogP contribution in [0.3, 0.4) is 0 Å². The molecule has 3 N–H and O–H groups in total. The number of hydrogen-bond donors (Lipinski definition) is 3. The fourth-order valence-electron chi connectivity index (χ4n) is 5.02. The summed E-state index contributed by atoms with van der Waals surface area (Å²) >= 11 is 0. The van der Waals surface area contributed by atoms with Crippen molar-refractivity contribution in [2.45, 2.75) is 69.9 Å². The number of rotatable bonds is 11. The second-order valence-corrected chi connectivity index (χ2v) is 9.77. The van der Waals surface area contributed by atoms with Gasteiger partial charge in [-0.2, -0.15) is 0 Å². The molecule has 3 aromatic carbocycles. The third-order valence-corrected chi connectivity index (χ3v) is 7.07. The van der Waals surface area contributed by atoms with Gasteiger partial charge in [0, 0.05) is 0 Å². The molecule has 2 amide bonds. The molecule has 200 valence electrons. The standard InChI is InChI=1S/C31H37N3O4/c1-3-4-20-27-33-28(30(36)34(27)22(2)24-16-10-6-11-17-24)29(35)26(21-23-14-8-5-9-15-23)32-31(37)38-25-18-12-7-13-19-25/h5-19,22,26-29,33,35H,3-4,20-21H2,1-2H3,(H,32,37)/t22-,26?,27?,28?,29+/m0/s1. The van der Waals surface area contributed by atoms with E-state index in [4.69, 9.17) is 4.74 Å². The number of ether oxygens (including phenoxy) is 1. The highest BCUT2D eigenvalue weighted by molar-refractivity contribution is 5.85. The van der Waals surface area contributed by atoms with Crippen LogP contribution in [0.1, 0.15) is 50.3 Å². The molecule has 0 saturated carbocycles. The van der Waals surface area contributed by atoms with Crippen molar-refractivity contribution in [2.75, 3.05) is 0 Å². The van der Waals surface area contributed by atoms with Crippen LogP contribution in [0.5, 0.6) is 5.75 Å². The van der Waals surface area contributed by atoms with E-state index in [1.165, 1.54) is 0 Å². The number of aliphatic hydroxyl groups is 1. The van der Waals surface area contributed by atoms with Gasteiger partial charge in [0.15, 0.2) is 0 Å². The highest BCUT2D eigenvalue weighted by Gasteiger charge is 2.46. The number of aliphatic hydroxyl groups excluding tert-OH is 1. The molecule has 1 saturated heterocycles. The molecule has 38 heavy (non-hydrogen) atoms. The van der Waals surface area contributed by atoms with Crippen LogP contribution in [0.15, 0.2) is 91.0 Å². The zero-order chi connectivity index (χ0) is 26.9. The molecule has 1 fully saturated rings. The molecule has 7 nitrogen and oxygen atoms in total. The molecule has 3 aromatic rings. The Morgan fingerprint density at radius 1 is 1.00 bits per heavy atom. The number of amides is 2. The highest BCUT2D eigenvalue weighted by atomic mass is 16.6. The summed E-state index contributed by atoms with van der Waals surface area (Å²) in [7, 11) is 0. The second kappa shape index (κ2) is 13.2. The Balaban J connectivity index is 1.56. The van der Waals surface area contributed by atoms with E-state index in [1.807, 2.05) is 78.6 Å². The summed E-state index contributed by atoms with van der Waals surface area (Å²) in [6.07, 6.45) is 0.978. The molecule has 0 aliphatic carbocycles. The molecular weight excluding hydrogens is 478 g/mol. The number of benzene rings is 3. The first-order chi connectivity index (χ1) is 18.5. The highest BCUT2D eigenvalue weighted by Crippen LogP contribution is 2.30. The van der Waals surface area contributed by atoms with Crippen LogP contribution in [-0.2, 0) is 11.2 Å². The van der Waals surface area contributed by atoms with Gasteiger partial charge in [-0.05, 0) is 43.0 Å². The Kier molecular flexibility index (Phi) is 9.51. The molecule has 0 aromatic heterocycles. The molecule has 7 heteroatoms. The van der Waals surface area contributed by atoms with Gasteiger partial charge in [-0.1, -0.05) is 98.6 Å². The number of carbonyl (C=O) groups excluding carboxylic acids is 2. The van der Waals surface area contributed by atoms with Gasteiger partial charge in [0.2, 0.25) is 5.91 Å². The first-order valence-corrected chi connectivity index (χ1v) is 13.4. The van der Waals surface area contributed by atoms with Gasteiger partial charge in [0.25, 0.3) is 0 Å². The number of nitrogens with one attached hydrogen (secondary N) is 2. The topological polar surface area (TPSA) is 90.9 Å². The molecule has 1 aliphatic rings. The van der Waals surface area contributed by atoms with Crippen molar-refractivity contribution in [3.8, 4) is 5.75 Å². The van der Waals surface area contributed by atoms with Gasteiger partial charge in [0.1, 0.15) is 11.8 Å². The van der Waals surface area contributed by atoms with Crippen molar-refractivity contribution >= 4 is 12.0 Å². The SMILES string of the molecule is CCCCC1NC([C@H](O)C(Cc2ccccc2)NC(=O)Oc2ccccc2)C(=O)N1[C@@H](C)c1ccccc1. The number of nitrogens with zero attached hydrogens (tertiary/aromatic N) is 1. The maximum atomic E-state index is 13.8. The van der Waals surface area contributed by atoms with Crippen molar-refractivity contribution in [1.82, 2.24) is 15.5 Å². The Hall–Kier alpha value is -3.68. The molecule has 1 heterocycles. The second-order valence-electron chi connectivity index (χ2n) is 9.77. The lowest BCUT2D eigenvalue weighted by Crippen LogP contribution is -2.55. The minimum Gasteiger partial charge on any atom is -0.410 e. The zero-order valence-corrected chi connectivity index (χ0v) is 22.0. The zero-order valence-electron chi connectivity index (χ0n) is 22.0. The average Bonchev–Trinajstić information content (AvgIpc) is 3.27. The van der Waals surface area contributed by atoms with Crippen LogP contribution in [0, 0.1) is 0 Å². The smallest absolute Gasteiger partial charge is 0.410 e. The molecule has 1 aliphatic heterocycles. The Labute approximate surface area is 224 Å². The van der Waals surface area contributed by atoms with E-state index in [9.17, 15) is 14.7 Å². The third kappa shape index (κ3) is 6.79. The van der Waals surface area contributed by atoms with E-state index in [0.29, 0.717) is 12.2 Å². The lowest BCUT2D eigenvalue weighted by Gasteiger charge is -2.31. The number of para-hydroxylation sites is 1. The Morgan fingerprint density at radius 3 is 2.24 bits per heavy atom. The van der Waals surface area contributed by atoms with E-state index in [0.717, 1.165) is 30.4 Å². The Bertz CT molecular complexity index is 1160. The third-order valence-electron chi connectivity index (χ3n) is 7.07. The molecule has 4 rings (SSSR count). The van der Waals surface area contributed by atoms with Gasteiger partial charge in [-0.25, -0.2) is 4.79 Å². The van der Waals surface area contributed by atoms with E-state index >= 15 is 0 Å². The minimum absolute atomic E-state index is 0.168. The fourth-order valence-corrected chi connectivity index (χ4v) is 5.02. The van der Waals surface area contributed by atoms with E-state index in [1.54, 1.807) is 24.3 Å². The van der Waals surface area contributed by atoms with Gasteiger partial charge >= 0.3 is 6.09 Å². The summed E-state index contributed by atoms with van der Waals surface area (Å²) in [4.78, 5) is 28.5. The van der Waals surface area contributed by atoms with Crippen molar-refractivity contribution in [2.24, 2.45) is 0 Å². The van der Waals surface area contributed by atoms with Crippen LogP contribution in [0.25, 0.3) is 0 Å². The summed E-state index contributed by atoms with van der Waals surface area (Å²) in [5.74, 6) is 0.224. The maximum Gasteiger partial charge on any atom is 0.412 e. The summed E-state index contributed by atoms with van der Waals surface area (Å²) in [6, 6.07) is 26.5. The van der Waals surface area contributed by atoms with E-state index < -0.39 is 24.3 Å². The summed E-state index contributed by atoms with van der Waals surface area (Å²) in [5.41, 5.74) is 1.96. The molecule has 0 spiro atoms. The minimum atomic E-state index is -1.18. The van der Waals surface area contributed by atoms with Crippen LogP contribution in [-0.4, -0.2) is 46.4 Å². The molecule has 5 atom stereocenters. The van der Waals surface area contributed by atoms with Crippen LogP contribution in [0.2, 0.25) is 0 Å². The van der Waals surface area contributed by atoms with E-state index in [-0.39, 0.29) is 18.1 Å². The van der Waals surface area contributed by atoms with Crippen LogP contribution >= 0.6 is 0 Å². The molecule has 0 radical (unpaired) electrons. The number of carbonyl (C=O) groups is 2. The van der Waals surface area contributed by atoms with Crippen molar-refractivity contribution < 1.29 is 19.4 Å². The number of unbranched alkanes of at least 4 members (excludes halogenated alkanes) is 1. The van der Waals surface area contributed by atoms with Crippen LogP contribution in [0.4, 0.5) is 4.79 Å². The largest absolute Gasteiger partial charge is 0.412 e. The summed E-state index contributed by atoms with van der Waals surface area (Å²) in [6.45, 7) is 4.13. The average molecular weight is 516 g/mol. The lowest BCUT2D eigenvalue weighted by molar-refractivity contribution is -0.134. The lowest BCUT2D eigenvalue weighted by atomic mass is 9.96. The van der Waals surface area contributed by atoms with Gasteiger partial charge < -0.3 is 20.1 Å². The summed E-state index contributed by atoms with van der Waals surface area (Å²) < 4.78 is 5.44. The monoisotopic (exact) mass is 515 g/mol. The molecular formula is C31H37N3O4. The van der Waals surface area contributed by atoms with Gasteiger partial charge in [-0.3, -0.25) is 10.1 Å². The van der Waals surface area contributed by atoms with Crippen molar-refractivity contribution in [3.63, 3.8) is 0 Å².